The van der Waals surface area contributed by atoms with E-state index in [1.807, 2.05) is 0 Å². The summed E-state index contributed by atoms with van der Waals surface area (Å²) in [7, 11) is 0. The summed E-state index contributed by atoms with van der Waals surface area (Å²) in [6.45, 7) is 11.5. The second kappa shape index (κ2) is 11.1. The van der Waals surface area contributed by atoms with E-state index in [0.717, 1.165) is 0 Å². The summed E-state index contributed by atoms with van der Waals surface area (Å²) >= 11 is 0. The lowest BCUT2D eigenvalue weighted by atomic mass is 10.0. The standard InChI is InChI=1S/C19H34N2O8/c1-9(2)13(20)17(25)27-11(8-12(22)29-19(5,6)7)15(16(23)24)28-18(26)14(21)10(3)4/h9-11,13-15H,8,20-21H2,1-7H3,(H,23,24). The highest BCUT2D eigenvalue weighted by atomic mass is 16.6. The largest absolute Gasteiger partial charge is 0.478 e. The minimum atomic E-state index is -1.96. The number of carbonyl (C=O) groups is 4. The second-order valence-corrected chi connectivity index (χ2v) is 8.50. The fraction of sp³-hybridized carbons (Fsp3) is 0.789. The van der Waals surface area contributed by atoms with E-state index in [1.54, 1.807) is 48.5 Å². The quantitative estimate of drug-likeness (QED) is 0.337. The highest BCUT2D eigenvalue weighted by molar-refractivity contribution is 5.83. The van der Waals surface area contributed by atoms with E-state index in [1.165, 1.54) is 0 Å². The van der Waals surface area contributed by atoms with Crippen LogP contribution in [0.5, 0.6) is 0 Å². The molecule has 0 aliphatic heterocycles. The van der Waals surface area contributed by atoms with Gasteiger partial charge in [-0.15, -0.1) is 0 Å². The first-order chi connectivity index (χ1) is 13.1. The van der Waals surface area contributed by atoms with Gasteiger partial charge in [0.2, 0.25) is 6.10 Å². The van der Waals surface area contributed by atoms with Gasteiger partial charge in [-0.3, -0.25) is 14.4 Å². The number of carbonyl (C=O) groups excluding carboxylic acids is 3. The Morgan fingerprint density at radius 2 is 1.28 bits per heavy atom. The molecule has 0 heterocycles. The van der Waals surface area contributed by atoms with Crippen molar-refractivity contribution in [3.8, 4) is 0 Å². The molecule has 0 fully saturated rings. The lowest BCUT2D eigenvalue weighted by Crippen LogP contribution is -2.49. The zero-order chi connectivity index (χ0) is 23.1. The van der Waals surface area contributed by atoms with Crippen molar-refractivity contribution < 1.29 is 38.5 Å². The summed E-state index contributed by atoms with van der Waals surface area (Å²) in [5.41, 5.74) is 10.6. The van der Waals surface area contributed by atoms with Gasteiger partial charge in [0, 0.05) is 0 Å². The normalized spacial score (nSPS) is 16.0. The molecule has 4 atom stereocenters. The fourth-order valence-corrected chi connectivity index (χ4v) is 2.02. The van der Waals surface area contributed by atoms with Crippen LogP contribution in [0.4, 0.5) is 0 Å². The summed E-state index contributed by atoms with van der Waals surface area (Å²) < 4.78 is 15.3. The van der Waals surface area contributed by atoms with Crippen molar-refractivity contribution in [3.05, 3.63) is 0 Å². The van der Waals surface area contributed by atoms with Crippen molar-refractivity contribution in [2.45, 2.75) is 84.8 Å². The van der Waals surface area contributed by atoms with E-state index < -0.39 is 60.2 Å². The highest BCUT2D eigenvalue weighted by Crippen LogP contribution is 2.17. The summed E-state index contributed by atoms with van der Waals surface area (Å²) in [6.07, 6.45) is -4.24. The van der Waals surface area contributed by atoms with Crippen LogP contribution in [0.3, 0.4) is 0 Å². The van der Waals surface area contributed by atoms with Crippen LogP contribution in [0.25, 0.3) is 0 Å². The first-order valence-corrected chi connectivity index (χ1v) is 9.43. The van der Waals surface area contributed by atoms with Crippen LogP contribution in [0, 0.1) is 11.8 Å². The molecule has 0 bridgehead atoms. The van der Waals surface area contributed by atoms with Gasteiger partial charge in [-0.25, -0.2) is 4.79 Å². The summed E-state index contributed by atoms with van der Waals surface area (Å²) in [5, 5.41) is 9.53. The minimum Gasteiger partial charge on any atom is -0.478 e. The van der Waals surface area contributed by atoms with Crippen molar-refractivity contribution in [2.75, 3.05) is 0 Å². The van der Waals surface area contributed by atoms with Gasteiger partial charge >= 0.3 is 23.9 Å². The van der Waals surface area contributed by atoms with Gasteiger partial charge in [0.25, 0.3) is 0 Å². The molecule has 10 nitrogen and oxygen atoms in total. The third-order valence-corrected chi connectivity index (χ3v) is 3.86. The lowest BCUT2D eigenvalue weighted by Gasteiger charge is -2.28. The zero-order valence-electron chi connectivity index (χ0n) is 18.1. The average molecular weight is 418 g/mol. The Morgan fingerprint density at radius 1 is 0.862 bits per heavy atom. The maximum Gasteiger partial charge on any atom is 0.349 e. The van der Waals surface area contributed by atoms with Gasteiger partial charge in [0.05, 0.1) is 6.42 Å². The fourth-order valence-electron chi connectivity index (χ4n) is 2.02. The van der Waals surface area contributed by atoms with Gasteiger partial charge in [-0.1, -0.05) is 27.7 Å². The van der Waals surface area contributed by atoms with Crippen LogP contribution in [-0.4, -0.2) is 58.9 Å². The molecular formula is C19H34N2O8. The van der Waals surface area contributed by atoms with Crippen LogP contribution in [0.2, 0.25) is 0 Å². The molecular weight excluding hydrogens is 384 g/mol. The molecule has 0 spiro atoms. The first-order valence-electron chi connectivity index (χ1n) is 9.43. The lowest BCUT2D eigenvalue weighted by molar-refractivity contribution is -0.185. The number of hydrogen-bond acceptors (Lipinski definition) is 9. The van der Waals surface area contributed by atoms with Crippen LogP contribution in [0.15, 0.2) is 0 Å². The number of aliphatic carboxylic acids is 1. The average Bonchev–Trinajstić information content (AvgIpc) is 2.54. The van der Waals surface area contributed by atoms with Crippen LogP contribution < -0.4 is 11.5 Å². The highest BCUT2D eigenvalue weighted by Gasteiger charge is 2.40. The Balaban J connectivity index is 5.68. The first kappa shape index (κ1) is 26.8. The van der Waals surface area contributed by atoms with Gasteiger partial charge in [0.1, 0.15) is 17.7 Å². The molecule has 0 aromatic heterocycles. The zero-order valence-corrected chi connectivity index (χ0v) is 18.1. The van der Waals surface area contributed by atoms with Gasteiger partial charge in [-0.2, -0.15) is 0 Å². The number of nitrogens with two attached hydrogens (primary N) is 2. The van der Waals surface area contributed by atoms with Crippen molar-refractivity contribution >= 4 is 23.9 Å². The van der Waals surface area contributed by atoms with E-state index in [9.17, 15) is 24.3 Å². The van der Waals surface area contributed by atoms with Crippen molar-refractivity contribution in [1.29, 1.82) is 0 Å². The Labute approximate surface area is 171 Å². The number of ether oxygens (including phenoxy) is 3. The Morgan fingerprint density at radius 3 is 1.62 bits per heavy atom. The van der Waals surface area contributed by atoms with Crippen LogP contribution >= 0.6 is 0 Å². The topological polar surface area (TPSA) is 168 Å². The second-order valence-electron chi connectivity index (χ2n) is 8.50. The maximum absolute atomic E-state index is 12.3. The van der Waals surface area contributed by atoms with Crippen LogP contribution in [-0.2, 0) is 33.4 Å². The Hall–Kier alpha value is -2.20. The molecule has 0 radical (unpaired) electrons. The third-order valence-electron chi connectivity index (χ3n) is 3.86. The number of hydrogen-bond donors (Lipinski definition) is 3. The Kier molecular flexibility index (Phi) is 10.3. The minimum absolute atomic E-state index is 0.301. The SMILES string of the molecule is CC(C)C(N)C(=O)OC(CC(=O)OC(C)(C)C)C(OC(=O)C(N)C(C)C)C(=O)O. The summed E-state index contributed by atoms with van der Waals surface area (Å²) in [5.74, 6) is -4.98. The monoisotopic (exact) mass is 418 g/mol. The number of esters is 3. The maximum atomic E-state index is 12.3. The molecule has 0 saturated heterocycles. The molecule has 0 aliphatic carbocycles. The molecule has 0 rings (SSSR count). The molecule has 0 aromatic rings. The molecule has 4 unspecified atom stereocenters. The summed E-state index contributed by atoms with van der Waals surface area (Å²) in [4.78, 5) is 48.3. The molecule has 10 heteroatoms. The van der Waals surface area contributed by atoms with Crippen molar-refractivity contribution in [3.63, 3.8) is 0 Å². The predicted octanol–water partition coefficient (Wildman–Crippen LogP) is 0.593. The van der Waals surface area contributed by atoms with Gasteiger partial charge in [-0.05, 0) is 32.6 Å². The smallest absolute Gasteiger partial charge is 0.349 e. The van der Waals surface area contributed by atoms with Crippen LogP contribution in [0.1, 0.15) is 54.9 Å². The van der Waals surface area contributed by atoms with E-state index in [2.05, 4.69) is 0 Å². The molecule has 5 N–H and O–H groups in total. The number of carboxylic acid groups (broad SMARTS) is 1. The van der Waals surface area contributed by atoms with E-state index >= 15 is 0 Å². The number of carboxylic acids is 1. The van der Waals surface area contributed by atoms with Crippen molar-refractivity contribution in [2.24, 2.45) is 23.3 Å². The molecule has 0 aliphatic rings. The van der Waals surface area contributed by atoms with E-state index in [4.69, 9.17) is 25.7 Å². The van der Waals surface area contributed by atoms with E-state index in [0.29, 0.717) is 0 Å². The third kappa shape index (κ3) is 9.71. The molecule has 0 amide bonds. The molecule has 29 heavy (non-hydrogen) atoms. The molecule has 168 valence electrons. The van der Waals surface area contributed by atoms with E-state index in [-0.39, 0.29) is 11.8 Å². The number of rotatable bonds is 10. The summed E-state index contributed by atoms with van der Waals surface area (Å²) in [6, 6.07) is -2.15. The van der Waals surface area contributed by atoms with Gasteiger partial charge < -0.3 is 30.8 Å². The molecule has 0 saturated carbocycles. The Bertz CT molecular complexity index is 598. The van der Waals surface area contributed by atoms with Gasteiger partial charge in [0.15, 0.2) is 6.10 Å². The molecule has 0 aromatic carbocycles. The predicted molar refractivity (Wildman–Crippen MR) is 103 cm³/mol. The van der Waals surface area contributed by atoms with Crippen molar-refractivity contribution in [1.82, 2.24) is 0 Å².